The summed E-state index contributed by atoms with van der Waals surface area (Å²) in [5.41, 5.74) is 2.17. The molecule has 3 N–H and O–H groups in total. The second kappa shape index (κ2) is 13.4. The molecule has 0 saturated heterocycles. The van der Waals surface area contributed by atoms with Gasteiger partial charge in [-0.1, -0.05) is 42.3 Å². The summed E-state index contributed by atoms with van der Waals surface area (Å²) in [6, 6.07) is 16.2. The fourth-order valence-corrected chi connectivity index (χ4v) is 5.59. The van der Waals surface area contributed by atoms with Crippen molar-refractivity contribution in [3.05, 3.63) is 70.3 Å². The molecule has 1 fully saturated rings. The lowest BCUT2D eigenvalue weighted by Crippen LogP contribution is -2.34. The minimum Gasteiger partial charge on any atom is -0.351 e. The maximum Gasteiger partial charge on any atom is 0.230 e. The molecule has 10 heteroatoms. The fraction of sp³-hybridized carbons (Fsp3) is 0.320. The van der Waals surface area contributed by atoms with E-state index in [9.17, 15) is 18.4 Å². The third kappa shape index (κ3) is 7.94. The Morgan fingerprint density at radius 2 is 1.83 bits per heavy atom. The smallest absolute Gasteiger partial charge is 0.230 e. The molecule has 2 atom stereocenters. The number of nitriles is 1. The molecule has 0 spiro atoms. The van der Waals surface area contributed by atoms with E-state index in [1.807, 2.05) is 18.2 Å². The number of amides is 2. The standard InChI is InChI=1S/C25H26ClN3O4S2/c26-19-9-5-17(6-10-19)15-29-23(30)16-34-20-11-7-18(8-12-20)24(35(32)33)21-3-1-2-4-22(21)25(31)28-14-13-27/h5-12,22H,1-4,14-16H2,(H,28,31)(H,29,30)(H,32,33). The highest BCUT2D eigenvalue weighted by molar-refractivity contribution is 8.00. The zero-order valence-corrected chi connectivity index (χ0v) is 21.3. The van der Waals surface area contributed by atoms with Crippen LogP contribution in [-0.2, 0) is 27.2 Å². The second-order valence-electron chi connectivity index (χ2n) is 7.99. The number of rotatable bonds is 9. The van der Waals surface area contributed by atoms with Gasteiger partial charge in [0.25, 0.3) is 0 Å². The summed E-state index contributed by atoms with van der Waals surface area (Å²) in [4.78, 5) is 25.9. The topological polar surface area (TPSA) is 119 Å². The van der Waals surface area contributed by atoms with Crippen molar-refractivity contribution in [3.8, 4) is 6.07 Å². The minimum absolute atomic E-state index is 0.0979. The van der Waals surface area contributed by atoms with Gasteiger partial charge in [-0.15, -0.1) is 11.8 Å². The Kier molecular flexibility index (Phi) is 10.4. The highest BCUT2D eigenvalue weighted by Gasteiger charge is 2.30. The molecular weight excluding hydrogens is 506 g/mol. The molecule has 1 saturated carbocycles. The van der Waals surface area contributed by atoms with E-state index in [2.05, 4.69) is 10.6 Å². The molecule has 2 unspecified atom stereocenters. The summed E-state index contributed by atoms with van der Waals surface area (Å²) in [6.07, 6.45) is 2.80. The maximum absolute atomic E-state index is 12.6. The molecule has 0 bridgehead atoms. The van der Waals surface area contributed by atoms with Crippen molar-refractivity contribution in [2.24, 2.45) is 5.92 Å². The van der Waals surface area contributed by atoms with Crippen molar-refractivity contribution in [1.29, 1.82) is 5.26 Å². The second-order valence-corrected chi connectivity index (χ2v) is 10.4. The van der Waals surface area contributed by atoms with Gasteiger partial charge in [0, 0.05) is 16.5 Å². The first kappa shape index (κ1) is 27.0. The summed E-state index contributed by atoms with van der Waals surface area (Å²) >= 11 is 4.95. The predicted octanol–water partition coefficient (Wildman–Crippen LogP) is 4.51. The van der Waals surface area contributed by atoms with Crippen LogP contribution in [-0.4, -0.2) is 32.9 Å². The SMILES string of the molecule is N#CCNC(=O)C1CCCCC1=C(c1ccc(SCC(=O)NCc2ccc(Cl)cc2)cc1)S(=O)O. The van der Waals surface area contributed by atoms with Gasteiger partial charge in [0.2, 0.25) is 11.8 Å². The third-order valence-corrected chi connectivity index (χ3v) is 7.73. The lowest BCUT2D eigenvalue weighted by Gasteiger charge is -2.26. The number of carbonyl (C=O) groups is 2. The van der Waals surface area contributed by atoms with E-state index >= 15 is 0 Å². The molecule has 3 rings (SSSR count). The van der Waals surface area contributed by atoms with Crippen molar-refractivity contribution < 1.29 is 18.4 Å². The number of nitrogens with one attached hydrogen (secondary N) is 2. The van der Waals surface area contributed by atoms with Gasteiger partial charge in [-0.25, -0.2) is 4.21 Å². The van der Waals surface area contributed by atoms with E-state index < -0.39 is 17.0 Å². The van der Waals surface area contributed by atoms with Crippen LogP contribution in [0.1, 0.15) is 36.8 Å². The summed E-state index contributed by atoms with van der Waals surface area (Å²) in [5, 5.41) is 14.8. The zero-order valence-electron chi connectivity index (χ0n) is 19.0. The number of benzene rings is 2. The van der Waals surface area contributed by atoms with E-state index in [4.69, 9.17) is 16.9 Å². The number of halogens is 1. The van der Waals surface area contributed by atoms with Gasteiger partial charge in [0.05, 0.1) is 22.6 Å². The average molecular weight is 532 g/mol. The van der Waals surface area contributed by atoms with Gasteiger partial charge < -0.3 is 15.2 Å². The molecular formula is C25H26ClN3O4S2. The molecule has 0 heterocycles. The Morgan fingerprint density at radius 3 is 2.49 bits per heavy atom. The van der Waals surface area contributed by atoms with Crippen molar-refractivity contribution in [2.45, 2.75) is 37.1 Å². The molecule has 2 amide bonds. The first-order valence-corrected chi connectivity index (χ1v) is 13.6. The maximum atomic E-state index is 12.6. The first-order valence-electron chi connectivity index (χ1n) is 11.1. The van der Waals surface area contributed by atoms with Crippen LogP contribution in [0, 0.1) is 17.2 Å². The van der Waals surface area contributed by atoms with Gasteiger partial charge in [-0.05, 0) is 60.2 Å². The van der Waals surface area contributed by atoms with Crippen LogP contribution in [0.5, 0.6) is 0 Å². The summed E-state index contributed by atoms with van der Waals surface area (Å²) < 4.78 is 22.4. The van der Waals surface area contributed by atoms with Crippen LogP contribution in [0.2, 0.25) is 5.02 Å². The normalized spacial score (nSPS) is 17.7. The predicted molar refractivity (Wildman–Crippen MR) is 139 cm³/mol. The molecule has 0 radical (unpaired) electrons. The van der Waals surface area contributed by atoms with E-state index in [-0.39, 0.29) is 29.0 Å². The van der Waals surface area contributed by atoms with Crippen molar-refractivity contribution in [3.63, 3.8) is 0 Å². The Labute approximate surface area is 216 Å². The summed E-state index contributed by atoms with van der Waals surface area (Å²) in [7, 11) is 0. The van der Waals surface area contributed by atoms with Crippen LogP contribution in [0.3, 0.4) is 0 Å². The molecule has 2 aromatic rings. The molecule has 35 heavy (non-hydrogen) atoms. The number of nitrogens with zero attached hydrogens (tertiary/aromatic N) is 1. The summed E-state index contributed by atoms with van der Waals surface area (Å²) in [5.74, 6) is -0.696. The van der Waals surface area contributed by atoms with Crippen LogP contribution < -0.4 is 10.6 Å². The Bertz CT molecular complexity index is 1140. The van der Waals surface area contributed by atoms with Crippen molar-refractivity contribution in [2.75, 3.05) is 12.3 Å². The molecule has 7 nitrogen and oxygen atoms in total. The fourth-order valence-electron chi connectivity index (χ4n) is 3.93. The van der Waals surface area contributed by atoms with E-state index in [1.54, 1.807) is 36.4 Å². The van der Waals surface area contributed by atoms with Crippen LogP contribution in [0.15, 0.2) is 59.0 Å². The lowest BCUT2D eigenvalue weighted by atomic mass is 9.82. The van der Waals surface area contributed by atoms with Gasteiger partial charge in [-0.3, -0.25) is 9.59 Å². The van der Waals surface area contributed by atoms with Gasteiger partial charge >= 0.3 is 0 Å². The highest BCUT2D eigenvalue weighted by atomic mass is 35.5. The minimum atomic E-state index is -2.28. The number of thioether (sulfide) groups is 1. The van der Waals surface area contributed by atoms with Crippen molar-refractivity contribution >= 4 is 51.2 Å². The zero-order chi connectivity index (χ0) is 25.2. The number of hydrogen-bond acceptors (Lipinski definition) is 5. The molecule has 0 aliphatic heterocycles. The third-order valence-electron chi connectivity index (χ3n) is 5.62. The van der Waals surface area contributed by atoms with Crippen LogP contribution in [0.4, 0.5) is 0 Å². The largest absolute Gasteiger partial charge is 0.351 e. The van der Waals surface area contributed by atoms with Gasteiger partial charge in [0.15, 0.2) is 11.1 Å². The first-order chi connectivity index (χ1) is 16.9. The van der Waals surface area contributed by atoms with E-state index in [0.717, 1.165) is 23.3 Å². The molecule has 1 aliphatic carbocycles. The Hall–Kier alpha value is -2.64. The molecule has 1 aliphatic rings. The molecule has 2 aromatic carbocycles. The average Bonchev–Trinajstić information content (AvgIpc) is 2.86. The monoisotopic (exact) mass is 531 g/mol. The highest BCUT2D eigenvalue weighted by Crippen LogP contribution is 2.37. The Balaban J connectivity index is 1.66. The number of hydrogen-bond donors (Lipinski definition) is 3. The van der Waals surface area contributed by atoms with E-state index in [0.29, 0.717) is 35.5 Å². The van der Waals surface area contributed by atoms with Crippen molar-refractivity contribution in [1.82, 2.24) is 10.6 Å². The molecule has 184 valence electrons. The van der Waals surface area contributed by atoms with E-state index in [1.165, 1.54) is 11.8 Å². The van der Waals surface area contributed by atoms with Gasteiger partial charge in [0.1, 0.15) is 6.54 Å². The quantitative estimate of drug-likeness (QED) is 0.249. The number of carbonyl (C=O) groups excluding carboxylic acids is 2. The Morgan fingerprint density at radius 1 is 1.11 bits per heavy atom. The van der Waals surface area contributed by atoms with Crippen LogP contribution >= 0.6 is 23.4 Å². The van der Waals surface area contributed by atoms with Gasteiger partial charge in [-0.2, -0.15) is 5.26 Å². The molecule has 0 aromatic heterocycles. The van der Waals surface area contributed by atoms with Crippen LogP contribution in [0.25, 0.3) is 4.91 Å². The summed E-state index contributed by atoms with van der Waals surface area (Å²) in [6.45, 7) is 0.317. The lowest BCUT2D eigenvalue weighted by molar-refractivity contribution is -0.124.